The Kier molecular flexibility index (Phi) is 6.02. The minimum Gasteiger partial charge on any atom is -0.544 e. The van der Waals surface area contributed by atoms with Gasteiger partial charge < -0.3 is 4.43 Å². The van der Waals surface area contributed by atoms with Gasteiger partial charge in [0.1, 0.15) is 11.6 Å². The molecule has 104 valence electrons. The topological polar surface area (TPSA) is 9.23 Å². The van der Waals surface area contributed by atoms with Crippen molar-refractivity contribution in [3.05, 3.63) is 54.1 Å². The highest BCUT2D eigenvalue weighted by Gasteiger charge is 2.30. The van der Waals surface area contributed by atoms with Crippen LogP contribution in [0.15, 0.2) is 42.7 Å². The maximum atomic E-state index is 12.9. The Bertz CT molecular complexity index is 424. The summed E-state index contributed by atoms with van der Waals surface area (Å²) in [4.78, 5) is 0. The first-order chi connectivity index (χ1) is 9.09. The number of rotatable bonds is 7. The van der Waals surface area contributed by atoms with Crippen LogP contribution < -0.4 is 0 Å². The minimum absolute atomic E-state index is 0.224. The summed E-state index contributed by atoms with van der Waals surface area (Å²) >= 11 is 0. The fourth-order valence-electron chi connectivity index (χ4n) is 2.07. The smallest absolute Gasteiger partial charge is 0.250 e. The Morgan fingerprint density at radius 2 is 1.68 bits per heavy atom. The van der Waals surface area contributed by atoms with Crippen LogP contribution in [-0.2, 0) is 4.43 Å². The lowest BCUT2D eigenvalue weighted by molar-refractivity contribution is 0.427. The van der Waals surface area contributed by atoms with Gasteiger partial charge in [0.2, 0.25) is 8.32 Å². The van der Waals surface area contributed by atoms with E-state index in [1.165, 1.54) is 12.1 Å². The van der Waals surface area contributed by atoms with E-state index in [-0.39, 0.29) is 5.82 Å². The van der Waals surface area contributed by atoms with Crippen molar-refractivity contribution in [3.63, 3.8) is 0 Å². The Hall–Kier alpha value is -1.35. The summed E-state index contributed by atoms with van der Waals surface area (Å²) in [5.41, 5.74) is 0.933. The summed E-state index contributed by atoms with van der Waals surface area (Å²) in [6.45, 7) is 10.4. The molecule has 0 aromatic heterocycles. The molecule has 0 fully saturated rings. The molecule has 0 heterocycles. The zero-order chi connectivity index (χ0) is 14.3. The molecule has 0 N–H and O–H groups in total. The van der Waals surface area contributed by atoms with Crippen molar-refractivity contribution in [2.45, 2.75) is 38.9 Å². The van der Waals surface area contributed by atoms with Crippen LogP contribution in [0.3, 0.4) is 0 Å². The molecule has 1 aromatic rings. The lowest BCUT2D eigenvalue weighted by Gasteiger charge is -2.29. The monoisotopic (exact) mass is 278 g/mol. The summed E-state index contributed by atoms with van der Waals surface area (Å²) in [6.07, 6.45) is 3.67. The molecule has 0 atom stereocenters. The zero-order valence-corrected chi connectivity index (χ0v) is 13.1. The van der Waals surface area contributed by atoms with Gasteiger partial charge in [-0.25, -0.2) is 4.39 Å². The first kappa shape index (κ1) is 15.7. The quantitative estimate of drug-likeness (QED) is 0.370. The number of halogens is 1. The molecule has 0 saturated heterocycles. The normalized spacial score (nSPS) is 12.3. The van der Waals surface area contributed by atoms with Gasteiger partial charge in [-0.15, -0.1) is 0 Å². The minimum atomic E-state index is -1.68. The van der Waals surface area contributed by atoms with E-state index in [2.05, 4.69) is 27.4 Å². The van der Waals surface area contributed by atoms with E-state index >= 15 is 0 Å². The molecule has 1 aromatic carbocycles. The highest BCUT2D eigenvalue weighted by atomic mass is 28.4. The maximum Gasteiger partial charge on any atom is 0.250 e. The molecule has 0 unspecified atom stereocenters. The van der Waals surface area contributed by atoms with E-state index in [0.29, 0.717) is 0 Å². The number of hydrogen-bond acceptors (Lipinski definition) is 1. The van der Waals surface area contributed by atoms with E-state index in [1.54, 1.807) is 18.2 Å². The van der Waals surface area contributed by atoms with Crippen LogP contribution in [0.2, 0.25) is 18.1 Å². The summed E-state index contributed by atoms with van der Waals surface area (Å²) in [7, 11) is -1.68. The molecule has 0 aliphatic heterocycles. The number of hydrogen-bond donors (Lipinski definition) is 0. The van der Waals surface area contributed by atoms with Crippen LogP contribution in [0.5, 0.6) is 0 Å². The molecule has 19 heavy (non-hydrogen) atoms. The molecule has 0 amide bonds. The van der Waals surface area contributed by atoms with Gasteiger partial charge in [0.15, 0.2) is 0 Å². The molecule has 0 bridgehead atoms. The molecular weight excluding hydrogens is 255 g/mol. The lowest BCUT2D eigenvalue weighted by Crippen LogP contribution is -2.35. The molecule has 0 radical (unpaired) electrons. The van der Waals surface area contributed by atoms with Gasteiger partial charge in [-0.05, 0) is 48.0 Å². The Morgan fingerprint density at radius 3 is 2.11 bits per heavy atom. The van der Waals surface area contributed by atoms with E-state index in [0.717, 1.165) is 29.5 Å². The number of benzene rings is 1. The third kappa shape index (κ3) is 4.35. The zero-order valence-electron chi connectivity index (χ0n) is 12.1. The maximum absolute atomic E-state index is 12.9. The van der Waals surface area contributed by atoms with Gasteiger partial charge in [0.05, 0.1) is 0 Å². The van der Waals surface area contributed by atoms with Crippen molar-refractivity contribution in [3.8, 4) is 0 Å². The van der Waals surface area contributed by atoms with Crippen LogP contribution in [0.1, 0.15) is 26.3 Å². The van der Waals surface area contributed by atoms with Crippen LogP contribution in [0.25, 0.3) is 6.08 Å². The number of allylic oxidation sites excluding steroid dienone is 1. The van der Waals surface area contributed by atoms with Crippen LogP contribution in [-0.4, -0.2) is 8.32 Å². The third-order valence-electron chi connectivity index (χ3n) is 3.65. The second kappa shape index (κ2) is 7.29. The summed E-state index contributed by atoms with van der Waals surface area (Å²) < 4.78 is 19.1. The fourth-order valence-corrected chi connectivity index (χ4v) is 4.65. The van der Waals surface area contributed by atoms with Crippen LogP contribution in [0, 0.1) is 5.82 Å². The van der Waals surface area contributed by atoms with Crippen molar-refractivity contribution in [2.75, 3.05) is 0 Å². The van der Waals surface area contributed by atoms with Gasteiger partial charge in [-0.2, -0.15) is 0 Å². The molecule has 1 rings (SSSR count). The van der Waals surface area contributed by atoms with Gasteiger partial charge >= 0.3 is 0 Å². The summed E-state index contributed by atoms with van der Waals surface area (Å²) in [5, 5.41) is 0. The standard InChI is InChI=1S/C16H23FOSi/c1-5-16(18-19(6-2,7-3)8-4)13-14-9-11-15(17)12-10-14/h5,9-13H,1,6-8H2,2-4H3. The molecule has 3 heteroatoms. The lowest BCUT2D eigenvalue weighted by atomic mass is 10.2. The van der Waals surface area contributed by atoms with Gasteiger partial charge in [0, 0.05) is 0 Å². The van der Waals surface area contributed by atoms with E-state index in [9.17, 15) is 4.39 Å². The van der Waals surface area contributed by atoms with Crippen molar-refractivity contribution in [2.24, 2.45) is 0 Å². The molecule has 0 saturated carbocycles. The van der Waals surface area contributed by atoms with Crippen LogP contribution in [0.4, 0.5) is 4.39 Å². The van der Waals surface area contributed by atoms with E-state index < -0.39 is 8.32 Å². The molecular formula is C16H23FOSi. The summed E-state index contributed by atoms with van der Waals surface area (Å²) in [6, 6.07) is 9.68. The Balaban J connectivity index is 2.94. The molecule has 0 aliphatic carbocycles. The van der Waals surface area contributed by atoms with Crippen molar-refractivity contribution in [1.82, 2.24) is 0 Å². The predicted octanol–water partition coefficient (Wildman–Crippen LogP) is 5.37. The van der Waals surface area contributed by atoms with Crippen molar-refractivity contribution >= 4 is 14.4 Å². The second-order valence-corrected chi connectivity index (χ2v) is 9.34. The first-order valence-electron chi connectivity index (χ1n) is 6.87. The van der Waals surface area contributed by atoms with Gasteiger partial charge in [-0.3, -0.25) is 0 Å². The Labute approximate surface area is 116 Å². The highest BCUT2D eigenvalue weighted by molar-refractivity contribution is 6.73. The van der Waals surface area contributed by atoms with Gasteiger partial charge in [0.25, 0.3) is 0 Å². The van der Waals surface area contributed by atoms with E-state index in [4.69, 9.17) is 4.43 Å². The first-order valence-corrected chi connectivity index (χ1v) is 9.40. The average Bonchev–Trinajstić information content (AvgIpc) is 2.46. The predicted molar refractivity (Wildman–Crippen MR) is 82.9 cm³/mol. The average molecular weight is 278 g/mol. The Morgan fingerprint density at radius 1 is 1.16 bits per heavy atom. The van der Waals surface area contributed by atoms with Crippen molar-refractivity contribution < 1.29 is 8.82 Å². The fraction of sp³-hybridized carbons (Fsp3) is 0.375. The molecule has 1 nitrogen and oxygen atoms in total. The molecule has 0 aliphatic rings. The summed E-state index contributed by atoms with van der Waals surface area (Å²) in [5.74, 6) is 0.571. The largest absolute Gasteiger partial charge is 0.544 e. The van der Waals surface area contributed by atoms with Crippen LogP contribution >= 0.6 is 0 Å². The van der Waals surface area contributed by atoms with Gasteiger partial charge in [-0.1, -0.05) is 39.5 Å². The van der Waals surface area contributed by atoms with E-state index in [1.807, 2.05) is 6.08 Å². The third-order valence-corrected chi connectivity index (χ3v) is 8.18. The second-order valence-electron chi connectivity index (χ2n) is 4.65. The highest BCUT2D eigenvalue weighted by Crippen LogP contribution is 2.26. The molecule has 0 spiro atoms. The SMILES string of the molecule is C=CC(=Cc1ccc(F)cc1)O[Si](CC)(CC)CC. The van der Waals surface area contributed by atoms with Crippen molar-refractivity contribution in [1.29, 1.82) is 0 Å².